The number of carboxylic acid groups (broad SMARTS) is 1. The van der Waals surface area contributed by atoms with E-state index in [4.69, 9.17) is 0 Å². The number of ketones is 1. The lowest BCUT2D eigenvalue weighted by molar-refractivity contribution is -0.164. The summed E-state index contributed by atoms with van der Waals surface area (Å²) >= 11 is 0. The van der Waals surface area contributed by atoms with Crippen molar-refractivity contribution < 1.29 is 24.9 Å². The third-order valence-electron chi connectivity index (χ3n) is 4.93. The summed E-state index contributed by atoms with van der Waals surface area (Å²) in [5.41, 5.74) is -0.943. The molecule has 3 aliphatic heterocycles. The van der Waals surface area contributed by atoms with E-state index in [0.29, 0.717) is 25.1 Å². The maximum absolute atomic E-state index is 12.7. The Hall–Kier alpha value is -2.34. The topological polar surface area (TPSA) is 98.1 Å². The van der Waals surface area contributed by atoms with Crippen LogP contribution in [0.2, 0.25) is 0 Å². The summed E-state index contributed by atoms with van der Waals surface area (Å²) in [4.78, 5) is 26.3. The zero-order valence-electron chi connectivity index (χ0n) is 12.6. The van der Waals surface area contributed by atoms with Gasteiger partial charge >= 0.3 is 5.97 Å². The number of nitrogens with zero attached hydrogens (tertiary/aromatic N) is 1. The van der Waals surface area contributed by atoms with Crippen LogP contribution in [0.4, 0.5) is 0 Å². The van der Waals surface area contributed by atoms with E-state index in [1.807, 2.05) is 0 Å². The second-order valence-electron chi connectivity index (χ2n) is 6.25. The van der Waals surface area contributed by atoms with E-state index in [1.54, 1.807) is 11.0 Å². The monoisotopic (exact) mass is 317 g/mol. The molecule has 1 unspecified atom stereocenters. The number of rotatable bonds is 4. The molecule has 6 nitrogen and oxygen atoms in total. The van der Waals surface area contributed by atoms with Gasteiger partial charge in [-0.3, -0.25) is 9.69 Å². The zero-order chi connectivity index (χ0) is 16.6. The van der Waals surface area contributed by atoms with Crippen molar-refractivity contribution in [2.75, 3.05) is 13.1 Å². The Morgan fingerprint density at radius 2 is 1.87 bits per heavy atom. The highest BCUT2D eigenvalue weighted by Gasteiger charge is 2.55. The number of hydrogen-bond acceptors (Lipinski definition) is 5. The Kier molecular flexibility index (Phi) is 3.85. The molecule has 1 aromatic rings. The van der Waals surface area contributed by atoms with Gasteiger partial charge in [-0.2, -0.15) is 0 Å². The van der Waals surface area contributed by atoms with Crippen molar-refractivity contribution in [3.05, 3.63) is 29.8 Å². The molecule has 3 N–H and O–H groups in total. The molecule has 1 aromatic carbocycles. The van der Waals surface area contributed by atoms with E-state index in [2.05, 4.69) is 0 Å². The smallest absolute Gasteiger partial charge is 0.332 e. The first-order valence-corrected chi connectivity index (χ1v) is 7.66. The lowest BCUT2D eigenvalue weighted by atomic mass is 9.72. The van der Waals surface area contributed by atoms with Crippen molar-refractivity contribution in [3.63, 3.8) is 0 Å². The molecule has 2 bridgehead atoms. The first-order chi connectivity index (χ1) is 10.9. The minimum Gasteiger partial charge on any atom is -0.504 e. The van der Waals surface area contributed by atoms with Gasteiger partial charge < -0.3 is 15.3 Å². The highest BCUT2D eigenvalue weighted by Crippen LogP contribution is 2.40. The van der Waals surface area contributed by atoms with Gasteiger partial charge in [0, 0.05) is 0 Å². The minimum absolute atomic E-state index is 0.244. The van der Waals surface area contributed by atoms with Gasteiger partial charge in [-0.1, -0.05) is 12.1 Å². The van der Waals surface area contributed by atoms with Crippen LogP contribution in [0, 0.1) is 5.92 Å². The number of phenols is 2. The van der Waals surface area contributed by atoms with E-state index in [1.165, 1.54) is 24.3 Å². The fraction of sp³-hybridized carbons (Fsp3) is 0.412. The number of carboxylic acids is 1. The molecule has 0 aromatic heterocycles. The second-order valence-corrected chi connectivity index (χ2v) is 6.25. The third kappa shape index (κ3) is 2.59. The molecule has 0 aliphatic carbocycles. The maximum atomic E-state index is 12.7. The minimum atomic E-state index is -1.46. The lowest BCUT2D eigenvalue weighted by Gasteiger charge is -2.50. The molecule has 4 rings (SSSR count). The summed E-state index contributed by atoms with van der Waals surface area (Å²) in [5, 5.41) is 28.4. The van der Waals surface area contributed by atoms with Crippen molar-refractivity contribution in [2.24, 2.45) is 5.92 Å². The highest BCUT2D eigenvalue weighted by atomic mass is 16.4. The van der Waals surface area contributed by atoms with Crippen molar-refractivity contribution >= 4 is 17.8 Å². The van der Waals surface area contributed by atoms with Crippen molar-refractivity contribution in [1.29, 1.82) is 0 Å². The average Bonchev–Trinajstić information content (AvgIpc) is 2.56. The quantitative estimate of drug-likeness (QED) is 0.443. The third-order valence-corrected chi connectivity index (χ3v) is 4.93. The van der Waals surface area contributed by atoms with Crippen LogP contribution >= 0.6 is 0 Å². The standard InChI is InChI=1S/C17H19NO5/c19-13-3-1-11(9-14(13)20)2-4-15(21)17(16(22)23)10-12-5-7-18(17)8-6-12/h1-4,9,12,19-20H,5-8,10H2,(H,22,23)/b4-2+. The number of piperidine rings is 3. The van der Waals surface area contributed by atoms with Crippen LogP contribution in [0.25, 0.3) is 6.08 Å². The number of carbonyl (C=O) groups is 2. The number of hydrogen-bond donors (Lipinski definition) is 3. The predicted molar refractivity (Wildman–Crippen MR) is 83.1 cm³/mol. The second kappa shape index (κ2) is 5.70. The van der Waals surface area contributed by atoms with Gasteiger partial charge in [0.15, 0.2) is 22.8 Å². The maximum Gasteiger partial charge on any atom is 0.332 e. The normalized spacial score (nSPS) is 29.7. The number of aliphatic carboxylic acids is 1. The van der Waals surface area contributed by atoms with Gasteiger partial charge in [-0.25, -0.2) is 4.79 Å². The average molecular weight is 317 g/mol. The van der Waals surface area contributed by atoms with Crippen LogP contribution in [-0.2, 0) is 9.59 Å². The van der Waals surface area contributed by atoms with Crippen LogP contribution in [0.1, 0.15) is 24.8 Å². The SMILES string of the molecule is O=C(O)C1(C(=O)/C=C/c2ccc(O)c(O)c2)CC2CCN1CC2. The molecular weight excluding hydrogens is 298 g/mol. The number of carbonyl (C=O) groups excluding carboxylic acids is 1. The van der Waals surface area contributed by atoms with Crippen LogP contribution in [0.15, 0.2) is 24.3 Å². The van der Waals surface area contributed by atoms with Gasteiger partial charge in [-0.15, -0.1) is 0 Å². The molecule has 3 fully saturated rings. The molecule has 6 heteroatoms. The molecule has 1 atom stereocenters. The van der Waals surface area contributed by atoms with Crippen molar-refractivity contribution in [2.45, 2.75) is 24.8 Å². The largest absolute Gasteiger partial charge is 0.504 e. The number of fused-ring (bicyclic) bond motifs is 3. The molecule has 3 aliphatic rings. The first-order valence-electron chi connectivity index (χ1n) is 7.66. The summed E-state index contributed by atoms with van der Waals surface area (Å²) in [6.07, 6.45) is 4.97. The summed E-state index contributed by atoms with van der Waals surface area (Å²) in [7, 11) is 0. The zero-order valence-corrected chi connectivity index (χ0v) is 12.6. The number of phenolic OH excluding ortho intramolecular Hbond substituents is 2. The van der Waals surface area contributed by atoms with Gasteiger partial charge in [0.2, 0.25) is 0 Å². The number of benzene rings is 1. The summed E-state index contributed by atoms with van der Waals surface area (Å²) < 4.78 is 0. The van der Waals surface area contributed by atoms with Crippen LogP contribution in [-0.4, -0.2) is 50.6 Å². The molecule has 0 saturated carbocycles. The molecule has 3 saturated heterocycles. The summed E-state index contributed by atoms with van der Waals surface area (Å²) in [5.74, 6) is -1.78. The van der Waals surface area contributed by atoms with Crippen LogP contribution in [0.3, 0.4) is 0 Å². The Morgan fingerprint density at radius 3 is 2.39 bits per heavy atom. The van der Waals surface area contributed by atoms with E-state index in [-0.39, 0.29) is 17.4 Å². The fourth-order valence-corrected chi connectivity index (χ4v) is 3.60. The summed E-state index contributed by atoms with van der Waals surface area (Å²) in [6.45, 7) is 1.27. The van der Waals surface area contributed by atoms with Crippen LogP contribution < -0.4 is 0 Å². The first kappa shape index (κ1) is 15.6. The molecule has 0 spiro atoms. The molecule has 3 heterocycles. The Bertz CT molecular complexity index is 676. The van der Waals surface area contributed by atoms with Crippen LogP contribution in [0.5, 0.6) is 11.5 Å². The lowest BCUT2D eigenvalue weighted by Crippen LogP contribution is -2.66. The van der Waals surface area contributed by atoms with Gasteiger partial charge in [-0.05, 0) is 62.0 Å². The highest BCUT2D eigenvalue weighted by molar-refractivity contribution is 6.14. The molecule has 0 amide bonds. The number of aromatic hydroxyl groups is 2. The van der Waals surface area contributed by atoms with Gasteiger partial charge in [0.25, 0.3) is 0 Å². The van der Waals surface area contributed by atoms with Crippen molar-refractivity contribution in [3.8, 4) is 11.5 Å². The molecular formula is C17H19NO5. The molecule has 0 radical (unpaired) electrons. The van der Waals surface area contributed by atoms with E-state index >= 15 is 0 Å². The van der Waals surface area contributed by atoms with E-state index < -0.39 is 17.3 Å². The fourth-order valence-electron chi connectivity index (χ4n) is 3.60. The van der Waals surface area contributed by atoms with E-state index in [0.717, 1.165) is 12.8 Å². The molecule has 122 valence electrons. The van der Waals surface area contributed by atoms with Gasteiger partial charge in [0.1, 0.15) is 0 Å². The predicted octanol–water partition coefficient (Wildman–Crippen LogP) is 1.62. The summed E-state index contributed by atoms with van der Waals surface area (Å²) in [6, 6.07) is 4.18. The van der Waals surface area contributed by atoms with E-state index in [9.17, 15) is 24.9 Å². The Morgan fingerprint density at radius 1 is 1.17 bits per heavy atom. The van der Waals surface area contributed by atoms with Gasteiger partial charge in [0.05, 0.1) is 0 Å². The van der Waals surface area contributed by atoms with Crippen molar-refractivity contribution in [1.82, 2.24) is 4.90 Å². The Labute approximate surface area is 133 Å². The molecule has 23 heavy (non-hydrogen) atoms. The Balaban J connectivity index is 1.86.